The SMILES string of the molecule is N#CC(C#N)=C(CS(=O)(=O)c1ccccc1)c1ccc(Cl)cc1. The number of sulfone groups is 1. The maximum Gasteiger partial charge on any atom is 0.182 e. The highest BCUT2D eigenvalue weighted by Crippen LogP contribution is 2.25. The Morgan fingerprint density at radius 1 is 0.957 bits per heavy atom. The first kappa shape index (κ1) is 16.8. The number of allylic oxidation sites excluding steroid dienone is 1. The van der Waals surface area contributed by atoms with Gasteiger partial charge < -0.3 is 0 Å². The van der Waals surface area contributed by atoms with E-state index in [2.05, 4.69) is 0 Å². The zero-order valence-electron chi connectivity index (χ0n) is 11.9. The second-order valence-corrected chi connectivity index (χ2v) is 7.08. The lowest BCUT2D eigenvalue weighted by atomic mass is 10.0. The molecule has 0 radical (unpaired) electrons. The lowest BCUT2D eigenvalue weighted by Crippen LogP contribution is -2.10. The van der Waals surface area contributed by atoms with Gasteiger partial charge in [0.05, 0.1) is 10.6 Å². The van der Waals surface area contributed by atoms with Gasteiger partial charge in [0, 0.05) is 10.6 Å². The summed E-state index contributed by atoms with van der Waals surface area (Å²) in [6, 6.07) is 17.8. The van der Waals surface area contributed by atoms with Gasteiger partial charge in [0.2, 0.25) is 0 Å². The third kappa shape index (κ3) is 3.98. The van der Waals surface area contributed by atoms with Crippen LogP contribution >= 0.6 is 11.6 Å². The fraction of sp³-hybridized carbons (Fsp3) is 0.0588. The third-order valence-corrected chi connectivity index (χ3v) is 5.07. The van der Waals surface area contributed by atoms with Gasteiger partial charge in [-0.15, -0.1) is 0 Å². The van der Waals surface area contributed by atoms with Crippen molar-refractivity contribution in [1.29, 1.82) is 10.5 Å². The Labute approximate surface area is 139 Å². The van der Waals surface area contributed by atoms with E-state index in [9.17, 15) is 8.42 Å². The Morgan fingerprint density at radius 2 is 1.52 bits per heavy atom. The summed E-state index contributed by atoms with van der Waals surface area (Å²) in [4.78, 5) is 0.140. The van der Waals surface area contributed by atoms with E-state index in [1.807, 2.05) is 0 Å². The summed E-state index contributed by atoms with van der Waals surface area (Å²) in [5.41, 5.74) is 0.411. The van der Waals surface area contributed by atoms with E-state index in [0.29, 0.717) is 10.6 Å². The molecular weight excluding hydrogens is 332 g/mol. The number of nitrogens with zero attached hydrogens (tertiary/aromatic N) is 2. The summed E-state index contributed by atoms with van der Waals surface area (Å²) < 4.78 is 25.1. The Kier molecular flexibility index (Phi) is 5.18. The van der Waals surface area contributed by atoms with Crippen molar-refractivity contribution in [2.24, 2.45) is 0 Å². The van der Waals surface area contributed by atoms with Crippen LogP contribution in [0.25, 0.3) is 5.57 Å². The van der Waals surface area contributed by atoms with Crippen molar-refractivity contribution >= 4 is 27.0 Å². The van der Waals surface area contributed by atoms with Gasteiger partial charge in [-0.05, 0) is 29.8 Å². The second-order valence-electron chi connectivity index (χ2n) is 4.66. The molecule has 0 N–H and O–H groups in total. The molecule has 0 saturated carbocycles. The molecule has 0 saturated heterocycles. The number of hydrogen-bond acceptors (Lipinski definition) is 4. The smallest absolute Gasteiger partial charge is 0.182 e. The minimum absolute atomic E-state index is 0.140. The molecule has 114 valence electrons. The third-order valence-electron chi connectivity index (χ3n) is 3.15. The number of halogens is 1. The summed E-state index contributed by atoms with van der Waals surface area (Å²) in [6.45, 7) is 0. The topological polar surface area (TPSA) is 81.7 Å². The molecule has 0 fully saturated rings. The van der Waals surface area contributed by atoms with E-state index >= 15 is 0 Å². The highest BCUT2D eigenvalue weighted by atomic mass is 35.5. The van der Waals surface area contributed by atoms with Gasteiger partial charge in [0.15, 0.2) is 9.84 Å². The summed E-state index contributed by atoms with van der Waals surface area (Å²) in [6.07, 6.45) is 0. The van der Waals surface area contributed by atoms with Gasteiger partial charge in [0.1, 0.15) is 17.7 Å². The van der Waals surface area contributed by atoms with Crippen LogP contribution in [0, 0.1) is 22.7 Å². The van der Waals surface area contributed by atoms with E-state index in [1.54, 1.807) is 54.6 Å². The zero-order chi connectivity index (χ0) is 16.9. The van der Waals surface area contributed by atoms with Gasteiger partial charge in [-0.2, -0.15) is 10.5 Å². The molecule has 2 aromatic carbocycles. The molecule has 23 heavy (non-hydrogen) atoms. The maximum atomic E-state index is 12.5. The average molecular weight is 343 g/mol. The molecule has 0 bridgehead atoms. The van der Waals surface area contributed by atoms with Gasteiger partial charge in [-0.25, -0.2) is 8.42 Å². The molecule has 0 aromatic heterocycles. The summed E-state index contributed by atoms with van der Waals surface area (Å²) in [5.74, 6) is -0.435. The van der Waals surface area contributed by atoms with Crippen molar-refractivity contribution in [2.45, 2.75) is 4.90 Å². The van der Waals surface area contributed by atoms with Crippen LogP contribution in [0.3, 0.4) is 0 Å². The standard InChI is InChI=1S/C17H11ClN2O2S/c18-15-8-6-13(7-9-15)17(14(10-19)11-20)12-23(21,22)16-4-2-1-3-5-16/h1-9H,12H2. The van der Waals surface area contributed by atoms with Crippen LogP contribution < -0.4 is 0 Å². The largest absolute Gasteiger partial charge is 0.223 e. The molecule has 0 amide bonds. The van der Waals surface area contributed by atoms with Gasteiger partial charge in [-0.3, -0.25) is 0 Å². The van der Waals surface area contributed by atoms with Crippen LogP contribution in [-0.4, -0.2) is 14.2 Å². The highest BCUT2D eigenvalue weighted by molar-refractivity contribution is 7.91. The number of hydrogen-bond donors (Lipinski definition) is 0. The fourth-order valence-corrected chi connectivity index (χ4v) is 3.57. The van der Waals surface area contributed by atoms with Crippen molar-refractivity contribution < 1.29 is 8.42 Å². The van der Waals surface area contributed by atoms with E-state index in [1.165, 1.54) is 12.1 Å². The summed E-state index contributed by atoms with van der Waals surface area (Å²) >= 11 is 5.83. The van der Waals surface area contributed by atoms with Crippen molar-refractivity contribution in [2.75, 3.05) is 5.75 Å². The molecule has 0 aliphatic rings. The Balaban J connectivity index is 2.54. The predicted octanol–water partition coefficient (Wildman–Crippen LogP) is 3.61. The Hall–Kier alpha value is -2.60. The minimum Gasteiger partial charge on any atom is -0.223 e. The number of benzene rings is 2. The molecule has 0 heterocycles. The van der Waals surface area contributed by atoms with Crippen LogP contribution in [0.15, 0.2) is 65.1 Å². The fourth-order valence-electron chi connectivity index (χ4n) is 2.01. The summed E-state index contributed by atoms with van der Waals surface area (Å²) in [5, 5.41) is 18.7. The zero-order valence-corrected chi connectivity index (χ0v) is 13.5. The van der Waals surface area contributed by atoms with Crippen molar-refractivity contribution in [3.05, 3.63) is 70.8 Å². The monoisotopic (exact) mass is 342 g/mol. The van der Waals surface area contributed by atoms with Gasteiger partial charge in [0.25, 0.3) is 0 Å². The lowest BCUT2D eigenvalue weighted by molar-refractivity contribution is 0.599. The van der Waals surface area contributed by atoms with E-state index in [0.717, 1.165) is 0 Å². The van der Waals surface area contributed by atoms with Crippen LogP contribution in [0.4, 0.5) is 0 Å². The molecule has 2 rings (SSSR count). The molecular formula is C17H11ClN2O2S. The quantitative estimate of drug-likeness (QED) is 0.794. The van der Waals surface area contributed by atoms with Crippen LogP contribution in [0.1, 0.15) is 5.56 Å². The van der Waals surface area contributed by atoms with Crippen molar-refractivity contribution in [1.82, 2.24) is 0 Å². The van der Waals surface area contributed by atoms with Gasteiger partial charge in [-0.1, -0.05) is 41.9 Å². The maximum absolute atomic E-state index is 12.5. The molecule has 4 nitrogen and oxygen atoms in total. The van der Waals surface area contributed by atoms with Gasteiger partial charge >= 0.3 is 0 Å². The molecule has 6 heteroatoms. The van der Waals surface area contributed by atoms with Crippen molar-refractivity contribution in [3.63, 3.8) is 0 Å². The van der Waals surface area contributed by atoms with E-state index < -0.39 is 15.6 Å². The first-order valence-electron chi connectivity index (χ1n) is 6.55. The number of nitriles is 2. The lowest BCUT2D eigenvalue weighted by Gasteiger charge is -2.10. The number of rotatable bonds is 4. The van der Waals surface area contributed by atoms with Crippen LogP contribution in [-0.2, 0) is 9.84 Å². The Bertz CT molecular complexity index is 903. The molecule has 0 spiro atoms. The predicted molar refractivity (Wildman–Crippen MR) is 88.1 cm³/mol. The van der Waals surface area contributed by atoms with E-state index in [-0.39, 0.29) is 16.0 Å². The van der Waals surface area contributed by atoms with Crippen molar-refractivity contribution in [3.8, 4) is 12.1 Å². The molecule has 0 aliphatic heterocycles. The van der Waals surface area contributed by atoms with Crippen LogP contribution in [0.2, 0.25) is 5.02 Å². The molecule has 2 aromatic rings. The molecule has 0 atom stereocenters. The minimum atomic E-state index is -3.68. The van der Waals surface area contributed by atoms with Crippen LogP contribution in [0.5, 0.6) is 0 Å². The summed E-state index contributed by atoms with van der Waals surface area (Å²) in [7, 11) is -3.68. The highest BCUT2D eigenvalue weighted by Gasteiger charge is 2.20. The first-order chi connectivity index (χ1) is 11.0. The first-order valence-corrected chi connectivity index (χ1v) is 8.58. The van der Waals surface area contributed by atoms with E-state index in [4.69, 9.17) is 22.1 Å². The average Bonchev–Trinajstić information content (AvgIpc) is 2.56. The normalized spacial score (nSPS) is 10.4. The second kappa shape index (κ2) is 7.11. The molecule has 0 aliphatic carbocycles. The Morgan fingerprint density at radius 3 is 2.04 bits per heavy atom. The molecule has 0 unspecified atom stereocenters.